The van der Waals surface area contributed by atoms with Crippen LogP contribution < -0.4 is 15.4 Å². The first-order valence-electron chi connectivity index (χ1n) is 10.8. The van der Waals surface area contributed by atoms with Gasteiger partial charge >= 0.3 is 6.03 Å². The fourth-order valence-corrected chi connectivity index (χ4v) is 4.24. The molecule has 6 heteroatoms. The van der Waals surface area contributed by atoms with Gasteiger partial charge in [0.1, 0.15) is 18.4 Å². The van der Waals surface area contributed by atoms with E-state index in [-0.39, 0.29) is 18.5 Å². The van der Waals surface area contributed by atoms with Gasteiger partial charge in [-0.15, -0.1) is 0 Å². The third-order valence-electron chi connectivity index (χ3n) is 5.89. The van der Waals surface area contributed by atoms with Gasteiger partial charge in [0.2, 0.25) is 0 Å². The highest BCUT2D eigenvalue weighted by Crippen LogP contribution is 2.26. The predicted molar refractivity (Wildman–Crippen MR) is 117 cm³/mol. The number of rotatable bonds is 5. The Kier molecular flexibility index (Phi) is 6.52. The lowest BCUT2D eigenvalue weighted by Gasteiger charge is -2.33. The number of piperidine rings is 1. The molecule has 2 N–H and O–H groups in total. The molecule has 0 radical (unpaired) electrons. The fourth-order valence-electron chi connectivity index (χ4n) is 4.24. The summed E-state index contributed by atoms with van der Waals surface area (Å²) in [6, 6.07) is 16.9. The number of carbonyl (C=O) groups excluding carboxylic acids is 2. The fraction of sp³-hybridized carbons (Fsp3) is 0.417. The number of likely N-dealkylation sites (tertiary alicyclic amines) is 1. The topological polar surface area (TPSA) is 70.7 Å². The molecule has 2 heterocycles. The molecule has 158 valence electrons. The van der Waals surface area contributed by atoms with Crippen molar-refractivity contribution >= 4 is 17.6 Å². The van der Waals surface area contributed by atoms with Crippen LogP contribution in [0.1, 0.15) is 31.2 Å². The van der Waals surface area contributed by atoms with Crippen LogP contribution in [0, 0.1) is 5.92 Å². The molecule has 1 unspecified atom stereocenters. The van der Waals surface area contributed by atoms with Crippen molar-refractivity contribution in [3.63, 3.8) is 0 Å². The van der Waals surface area contributed by atoms with Crippen LogP contribution in [0.5, 0.6) is 5.75 Å². The van der Waals surface area contributed by atoms with E-state index >= 15 is 0 Å². The van der Waals surface area contributed by atoms with Crippen molar-refractivity contribution in [3.8, 4) is 5.75 Å². The zero-order valence-corrected chi connectivity index (χ0v) is 17.2. The summed E-state index contributed by atoms with van der Waals surface area (Å²) in [5.41, 5.74) is 2.00. The monoisotopic (exact) mass is 407 g/mol. The summed E-state index contributed by atoms with van der Waals surface area (Å²) in [6.45, 7) is 1.61. The lowest BCUT2D eigenvalue weighted by molar-refractivity contribution is -0.118. The lowest BCUT2D eigenvalue weighted by atomic mass is 9.92. The van der Waals surface area contributed by atoms with Crippen molar-refractivity contribution in [1.82, 2.24) is 10.2 Å². The van der Waals surface area contributed by atoms with Crippen LogP contribution in [0.3, 0.4) is 0 Å². The second kappa shape index (κ2) is 9.65. The summed E-state index contributed by atoms with van der Waals surface area (Å²) in [5, 5.41) is 5.70. The number of ether oxygens (including phenoxy) is 1. The first-order chi connectivity index (χ1) is 14.7. The van der Waals surface area contributed by atoms with E-state index in [0.717, 1.165) is 45.2 Å². The number of aryl methyl sites for hydroxylation is 1. The quantitative estimate of drug-likeness (QED) is 0.791. The van der Waals surface area contributed by atoms with Crippen molar-refractivity contribution in [3.05, 3.63) is 60.2 Å². The van der Waals surface area contributed by atoms with Crippen LogP contribution in [0.15, 0.2) is 54.6 Å². The summed E-state index contributed by atoms with van der Waals surface area (Å²) in [7, 11) is 0. The molecular weight excluding hydrogens is 378 g/mol. The number of nitrogens with zero attached hydrogens (tertiary/aromatic N) is 1. The number of carbonyl (C=O) groups is 2. The molecule has 30 heavy (non-hydrogen) atoms. The molecule has 2 atom stereocenters. The van der Waals surface area contributed by atoms with Gasteiger partial charge in [0.05, 0.1) is 5.69 Å². The molecule has 0 spiro atoms. The highest BCUT2D eigenvalue weighted by molar-refractivity contribution is 5.98. The van der Waals surface area contributed by atoms with E-state index in [0.29, 0.717) is 17.4 Å². The normalized spacial score (nSPS) is 21.1. The average molecular weight is 408 g/mol. The number of benzene rings is 2. The Hall–Kier alpha value is -3.02. The largest absolute Gasteiger partial charge is 0.489 e. The molecule has 2 aliphatic heterocycles. The molecule has 2 aromatic rings. The van der Waals surface area contributed by atoms with Gasteiger partial charge in [0.15, 0.2) is 0 Å². The summed E-state index contributed by atoms with van der Waals surface area (Å²) in [5.74, 6) is 0.889. The Bertz CT molecular complexity index is 871. The minimum absolute atomic E-state index is 0.128. The third kappa shape index (κ3) is 5.12. The summed E-state index contributed by atoms with van der Waals surface area (Å²) < 4.78 is 5.72. The number of anilines is 1. The molecule has 1 fully saturated rings. The molecule has 1 saturated heterocycles. The van der Waals surface area contributed by atoms with Crippen LogP contribution in [-0.2, 0) is 11.2 Å². The van der Waals surface area contributed by atoms with Crippen molar-refractivity contribution in [2.75, 3.05) is 25.0 Å². The van der Waals surface area contributed by atoms with Crippen LogP contribution >= 0.6 is 0 Å². The van der Waals surface area contributed by atoms with Gasteiger partial charge in [-0.1, -0.05) is 42.5 Å². The molecule has 2 aromatic carbocycles. The van der Waals surface area contributed by atoms with Crippen LogP contribution in [-0.4, -0.2) is 42.6 Å². The van der Waals surface area contributed by atoms with Gasteiger partial charge < -0.3 is 20.3 Å². The average Bonchev–Trinajstić information content (AvgIpc) is 2.93. The third-order valence-corrected chi connectivity index (χ3v) is 5.89. The van der Waals surface area contributed by atoms with E-state index in [4.69, 9.17) is 4.74 Å². The molecule has 0 aliphatic carbocycles. The van der Waals surface area contributed by atoms with Crippen LogP contribution in [0.2, 0.25) is 0 Å². The minimum Gasteiger partial charge on any atom is -0.489 e. The standard InChI is InChI=1S/C24H29N3O3/c28-23-21(17-30-22-14-5-4-13-20(22)25-23)26-24(29)27-15-7-12-19(16-27)11-6-10-18-8-2-1-3-9-18/h1-5,8-9,13-14,19,21H,6-7,10-12,15-17H2,(H,25,28)(H,26,29)/t19?,21-/m0/s1. The minimum atomic E-state index is -0.705. The first kappa shape index (κ1) is 20.3. The van der Waals surface area contributed by atoms with E-state index in [1.807, 2.05) is 29.2 Å². The Labute approximate surface area is 177 Å². The highest BCUT2D eigenvalue weighted by atomic mass is 16.5. The molecule has 4 rings (SSSR count). The number of nitrogens with one attached hydrogen (secondary N) is 2. The van der Waals surface area contributed by atoms with Crippen molar-refractivity contribution < 1.29 is 14.3 Å². The van der Waals surface area contributed by atoms with Crippen LogP contribution in [0.4, 0.5) is 10.5 Å². The first-order valence-corrected chi connectivity index (χ1v) is 10.8. The molecule has 0 aromatic heterocycles. The Morgan fingerprint density at radius 3 is 2.80 bits per heavy atom. The van der Waals surface area contributed by atoms with E-state index in [9.17, 15) is 9.59 Å². The Balaban J connectivity index is 1.26. The van der Waals surface area contributed by atoms with Gasteiger partial charge in [0, 0.05) is 13.1 Å². The number of fused-ring (bicyclic) bond motifs is 1. The van der Waals surface area contributed by atoms with Gasteiger partial charge in [-0.3, -0.25) is 4.79 Å². The predicted octanol–water partition coefficient (Wildman–Crippen LogP) is 3.83. The zero-order chi connectivity index (χ0) is 20.8. The van der Waals surface area contributed by atoms with Crippen molar-refractivity contribution in [2.24, 2.45) is 5.92 Å². The smallest absolute Gasteiger partial charge is 0.318 e. The highest BCUT2D eigenvalue weighted by Gasteiger charge is 2.29. The van der Waals surface area contributed by atoms with Crippen LogP contribution in [0.25, 0.3) is 0 Å². The SMILES string of the molecule is O=C1Nc2ccccc2OC[C@@H]1NC(=O)N1CCCC(CCCc2ccccc2)C1. The molecule has 6 nitrogen and oxygen atoms in total. The maximum atomic E-state index is 12.8. The molecule has 3 amide bonds. The molecule has 0 saturated carbocycles. The molecular formula is C24H29N3O3. The second-order valence-electron chi connectivity index (χ2n) is 8.13. The van der Waals surface area contributed by atoms with Gasteiger partial charge in [-0.05, 0) is 55.7 Å². The maximum absolute atomic E-state index is 12.8. The van der Waals surface area contributed by atoms with Crippen molar-refractivity contribution in [2.45, 2.75) is 38.1 Å². The second-order valence-corrected chi connectivity index (χ2v) is 8.13. The van der Waals surface area contributed by atoms with Gasteiger partial charge in [0.25, 0.3) is 5.91 Å². The summed E-state index contributed by atoms with van der Waals surface area (Å²) in [6.07, 6.45) is 5.47. The molecule has 0 bridgehead atoms. The number of hydrogen-bond acceptors (Lipinski definition) is 3. The van der Waals surface area contributed by atoms with Crippen molar-refractivity contribution in [1.29, 1.82) is 0 Å². The number of amides is 3. The Morgan fingerprint density at radius 1 is 1.13 bits per heavy atom. The van der Waals surface area contributed by atoms with E-state index in [1.165, 1.54) is 5.56 Å². The summed E-state index contributed by atoms with van der Waals surface area (Å²) >= 11 is 0. The van der Waals surface area contributed by atoms with E-state index < -0.39 is 6.04 Å². The van der Waals surface area contributed by atoms with Gasteiger partial charge in [-0.25, -0.2) is 4.79 Å². The Morgan fingerprint density at radius 2 is 1.93 bits per heavy atom. The maximum Gasteiger partial charge on any atom is 0.318 e. The zero-order valence-electron chi connectivity index (χ0n) is 17.2. The van der Waals surface area contributed by atoms with E-state index in [2.05, 4.69) is 34.9 Å². The summed E-state index contributed by atoms with van der Waals surface area (Å²) in [4.78, 5) is 27.2. The van der Waals surface area contributed by atoms with E-state index in [1.54, 1.807) is 6.07 Å². The van der Waals surface area contributed by atoms with Gasteiger partial charge in [-0.2, -0.15) is 0 Å². The number of urea groups is 1. The number of hydrogen-bond donors (Lipinski definition) is 2. The molecule has 2 aliphatic rings. The lowest BCUT2D eigenvalue weighted by Crippen LogP contribution is -2.53. The number of para-hydroxylation sites is 2.